The number of hydrogen-bond acceptors (Lipinski definition) is 17. The highest BCUT2D eigenvalue weighted by Crippen LogP contribution is 2.29. The summed E-state index contributed by atoms with van der Waals surface area (Å²) in [5.41, 5.74) is 1.62. The largest absolute Gasteiger partial charge is 0.394 e. The van der Waals surface area contributed by atoms with Crippen LogP contribution in [-0.4, -0.2) is 334 Å². The van der Waals surface area contributed by atoms with Crippen molar-refractivity contribution in [2.45, 2.75) is 227 Å². The van der Waals surface area contributed by atoms with Crippen molar-refractivity contribution in [2.75, 3.05) is 103 Å². The molecule has 1 aliphatic rings. The van der Waals surface area contributed by atoms with Crippen molar-refractivity contribution in [3.8, 4) is 0 Å². The molecule has 640 valence electrons. The van der Waals surface area contributed by atoms with Gasteiger partial charge in [-0.05, 0) is 79.2 Å². The Morgan fingerprint density at radius 3 is 1.01 bits per heavy atom. The van der Waals surface area contributed by atoms with Crippen LogP contribution in [0.4, 0.5) is 0 Å². The molecular formula is C83H136N14O15S2. The Morgan fingerprint density at radius 1 is 0.404 bits per heavy atom. The third-order valence-corrected chi connectivity index (χ3v) is 23.5. The van der Waals surface area contributed by atoms with E-state index in [0.717, 1.165) is 11.1 Å². The molecule has 2 aromatic rings. The Morgan fingerprint density at radius 2 is 0.702 bits per heavy atom. The summed E-state index contributed by atoms with van der Waals surface area (Å²) >= 11 is 8.88. The lowest BCUT2D eigenvalue weighted by molar-refractivity contribution is -0.160. The highest BCUT2D eigenvalue weighted by atomic mass is 32.1. The number of nitrogens with zero attached hydrogens (tertiary/aromatic N) is 12. The molecule has 0 bridgehead atoms. The predicted octanol–water partition coefficient (Wildman–Crippen LogP) is 4.03. The lowest BCUT2D eigenvalue weighted by atomic mass is 9.93. The van der Waals surface area contributed by atoms with Gasteiger partial charge in [-0.15, -0.1) is 0 Å². The molecule has 1 aliphatic heterocycles. The van der Waals surface area contributed by atoms with E-state index >= 15 is 19.2 Å². The fraction of sp³-hybridized carbons (Fsp3) is 0.687. The van der Waals surface area contributed by atoms with Crippen molar-refractivity contribution in [2.24, 2.45) is 41.4 Å². The van der Waals surface area contributed by atoms with E-state index in [9.17, 15) is 53.1 Å². The first-order chi connectivity index (χ1) is 53.0. The van der Waals surface area contributed by atoms with Crippen LogP contribution < -0.4 is 10.6 Å². The Balaban J connectivity index is 1.89. The fourth-order valence-electron chi connectivity index (χ4n) is 15.4. The highest BCUT2D eigenvalue weighted by Gasteiger charge is 2.49. The summed E-state index contributed by atoms with van der Waals surface area (Å²) in [6.07, 6.45) is 1.31. The van der Waals surface area contributed by atoms with Crippen molar-refractivity contribution < 1.29 is 72.2 Å². The van der Waals surface area contributed by atoms with Crippen LogP contribution in [0.15, 0.2) is 60.7 Å². The van der Waals surface area contributed by atoms with Gasteiger partial charge in [0.1, 0.15) is 78.5 Å². The van der Waals surface area contributed by atoms with Crippen LogP contribution in [0.3, 0.4) is 0 Å². The lowest BCUT2D eigenvalue weighted by Crippen LogP contribution is -2.63. The molecule has 0 radical (unpaired) electrons. The number of rotatable bonds is 41. The second kappa shape index (κ2) is 44.7. The normalized spacial score (nSPS) is 16.7. The fourth-order valence-corrected chi connectivity index (χ4v) is 16.3. The SMILES string of the molecule is CC[C@H](C)[C@@H](C(=O)N(C)[C@@H](C)C(=O)N(C)[C@H](C(=O)N(C)[C@H](C(=O)N(C)[C@H](C(=O)N(C)[C@H](C(=O)N(C)[C@@H](C)C(=O)N(C)[C@H](C(=O)N(C)[C@H](C(=O)N(C)[C@@H](CS)C(=O)N(C)[C@@H](CS)C(=O)N[C@H](CO)Cc1ccccc1)C(C)C)C(C)C)C(C)C)C(C)C)C(C)C)C(C)C)N(C)C(=O)[C@H](Cc1ccccc1)NC(=O)[C@@H]1CCC(=O)N1C. The molecule has 15 atom stereocenters. The number of aliphatic hydroxyl groups excluding tert-OH is 1. The summed E-state index contributed by atoms with van der Waals surface area (Å²) in [5, 5.41) is 15.9. The molecule has 114 heavy (non-hydrogen) atoms. The van der Waals surface area contributed by atoms with E-state index in [1.807, 2.05) is 62.4 Å². The average Bonchev–Trinajstić information content (AvgIpc) is 0.996. The Hall–Kier alpha value is -8.32. The number of amides is 14. The van der Waals surface area contributed by atoms with E-state index in [1.54, 1.807) is 102 Å². The van der Waals surface area contributed by atoms with Crippen LogP contribution in [-0.2, 0) is 80.0 Å². The maximum absolute atomic E-state index is 15.3. The smallest absolute Gasteiger partial charge is 0.246 e. The van der Waals surface area contributed by atoms with Gasteiger partial charge in [0.05, 0.1) is 12.6 Å². The molecule has 0 unspecified atom stereocenters. The van der Waals surface area contributed by atoms with Gasteiger partial charge < -0.3 is 74.5 Å². The van der Waals surface area contributed by atoms with Gasteiger partial charge in [0, 0.05) is 109 Å². The molecule has 0 aliphatic carbocycles. The second-order valence-corrected chi connectivity index (χ2v) is 33.8. The van der Waals surface area contributed by atoms with E-state index in [0.29, 0.717) is 12.8 Å². The molecule has 1 fully saturated rings. The molecule has 0 aromatic heterocycles. The Kier molecular flexibility index (Phi) is 39.2. The van der Waals surface area contributed by atoms with Gasteiger partial charge in [-0.2, -0.15) is 25.3 Å². The summed E-state index contributed by atoms with van der Waals surface area (Å²) < 4.78 is 0. The minimum atomic E-state index is -1.24. The zero-order valence-electron chi connectivity index (χ0n) is 73.0. The molecule has 31 heteroatoms. The van der Waals surface area contributed by atoms with E-state index in [1.165, 1.54) is 150 Å². The van der Waals surface area contributed by atoms with Crippen molar-refractivity contribution in [3.63, 3.8) is 0 Å². The number of aliphatic hydroxyl groups is 1. The number of benzene rings is 2. The lowest BCUT2D eigenvalue weighted by Gasteiger charge is -2.43. The van der Waals surface area contributed by atoms with Gasteiger partial charge >= 0.3 is 0 Å². The minimum absolute atomic E-state index is 0.0820. The van der Waals surface area contributed by atoms with Crippen LogP contribution in [0.5, 0.6) is 0 Å². The topological polar surface area (TPSA) is 322 Å². The first-order valence-electron chi connectivity index (χ1n) is 39.7. The third-order valence-electron chi connectivity index (χ3n) is 22.8. The maximum Gasteiger partial charge on any atom is 0.246 e. The molecule has 14 amide bonds. The Labute approximate surface area is 689 Å². The number of carbonyl (C=O) groups is 14. The van der Waals surface area contributed by atoms with Gasteiger partial charge in [-0.1, -0.05) is 164 Å². The predicted molar refractivity (Wildman–Crippen MR) is 447 cm³/mol. The van der Waals surface area contributed by atoms with Crippen LogP contribution >= 0.6 is 25.3 Å². The number of thiol groups is 2. The minimum Gasteiger partial charge on any atom is -0.394 e. The number of carbonyl (C=O) groups excluding carboxylic acids is 14. The van der Waals surface area contributed by atoms with Gasteiger partial charge in [0.2, 0.25) is 82.7 Å². The summed E-state index contributed by atoms with van der Waals surface area (Å²) in [6, 6.07) is 2.64. The average molecular weight is 1630 g/mol. The summed E-state index contributed by atoms with van der Waals surface area (Å²) in [6.45, 7) is 27.2. The van der Waals surface area contributed by atoms with Crippen molar-refractivity contribution in [3.05, 3.63) is 71.8 Å². The van der Waals surface area contributed by atoms with Gasteiger partial charge in [-0.3, -0.25) is 67.1 Å². The van der Waals surface area contributed by atoms with E-state index in [2.05, 4.69) is 35.9 Å². The zero-order chi connectivity index (χ0) is 87.4. The van der Waals surface area contributed by atoms with Crippen LogP contribution in [0.1, 0.15) is 141 Å². The van der Waals surface area contributed by atoms with E-state index in [-0.39, 0.29) is 43.3 Å². The number of likely N-dealkylation sites (tertiary alicyclic amines) is 1. The molecule has 1 heterocycles. The van der Waals surface area contributed by atoms with Gasteiger partial charge in [0.25, 0.3) is 0 Å². The first-order valence-corrected chi connectivity index (χ1v) is 41.0. The molecule has 1 saturated heterocycles. The van der Waals surface area contributed by atoms with E-state index < -0.39 is 203 Å². The monoisotopic (exact) mass is 1630 g/mol. The first kappa shape index (κ1) is 99.9. The molecular weight excluding hydrogens is 1500 g/mol. The molecule has 2 aromatic carbocycles. The van der Waals surface area contributed by atoms with Crippen LogP contribution in [0.25, 0.3) is 0 Å². The molecule has 3 rings (SSSR count). The van der Waals surface area contributed by atoms with Gasteiger partial charge in [0.15, 0.2) is 0 Å². The summed E-state index contributed by atoms with van der Waals surface area (Å²) in [4.78, 5) is 219. The van der Waals surface area contributed by atoms with Gasteiger partial charge in [-0.25, -0.2) is 0 Å². The number of hydrogen-bond donors (Lipinski definition) is 5. The molecule has 29 nitrogen and oxygen atoms in total. The molecule has 0 saturated carbocycles. The molecule has 0 spiro atoms. The third kappa shape index (κ3) is 24.2. The quantitative estimate of drug-likeness (QED) is 0.0587. The number of likely N-dealkylation sites (N-methyl/N-ethyl adjacent to an activating group) is 12. The summed E-state index contributed by atoms with van der Waals surface area (Å²) in [7, 11) is 17.4. The Bertz CT molecular complexity index is 3630. The van der Waals surface area contributed by atoms with E-state index in [4.69, 9.17) is 0 Å². The van der Waals surface area contributed by atoms with Crippen LogP contribution in [0, 0.1) is 41.4 Å². The zero-order valence-corrected chi connectivity index (χ0v) is 74.8. The summed E-state index contributed by atoms with van der Waals surface area (Å²) in [5.74, 6) is -12.1. The molecule has 3 N–H and O–H groups in total. The standard InChI is InChI=1S/C83H136N14O15S2/c1-29-53(14)70(97(28)75(104)59(43-57-38-34-31-35-39-57)85-71(100)60-40-41-63(99)88(60)19)83(112)87(18)55(16)74(103)92(23)67(50(8)9)80(109)95(26)69(52(12)13)82(111)96(27)68(51(10)11)81(110)93(24)64(47(2)3)77(106)86(17)54(15)73(102)91(22)66(49(6)7)79(108)94(25)65(48(4)5)78(107)90(21)62(46-114)76(105)89(20)61(45-113)72(101)84-58(44-98)42-56-36-32-30-33-37-56/h30-39,47-55,58-62,64-70,98,113-114H,29,40-46H2,1-28H3,(H,84,101)(H,85,100)/t53-,54-,55-,58-,59-,60-,61-,62-,64-,65-,66-,67-,68-,69-,70-/m0/s1. The highest BCUT2D eigenvalue weighted by molar-refractivity contribution is 7.80. The number of nitrogens with one attached hydrogen (secondary N) is 2. The van der Waals surface area contributed by atoms with Crippen molar-refractivity contribution >= 4 is 108 Å². The second-order valence-electron chi connectivity index (χ2n) is 33.0. The van der Waals surface area contributed by atoms with Crippen molar-refractivity contribution in [1.29, 1.82) is 0 Å². The maximum atomic E-state index is 15.3. The van der Waals surface area contributed by atoms with Crippen molar-refractivity contribution in [1.82, 2.24) is 69.4 Å². The van der Waals surface area contributed by atoms with Crippen LogP contribution in [0.2, 0.25) is 0 Å².